The van der Waals surface area contributed by atoms with Crippen LogP contribution in [0.25, 0.3) is 0 Å². The molecule has 4 rings (SSSR count). The molecule has 2 N–H and O–H groups in total. The van der Waals surface area contributed by atoms with Crippen molar-refractivity contribution >= 4 is 34.8 Å². The minimum atomic E-state index is -0.814. The molecule has 2 atom stereocenters. The molecule has 2 fully saturated rings. The summed E-state index contributed by atoms with van der Waals surface area (Å²) in [6, 6.07) is 14.8. The van der Waals surface area contributed by atoms with Gasteiger partial charge in [0, 0.05) is 37.6 Å². The number of benzene rings is 2. The van der Waals surface area contributed by atoms with Crippen LogP contribution in [0.5, 0.6) is 0 Å². The number of rotatable bonds is 7. The lowest BCUT2D eigenvalue weighted by atomic mass is 9.97. The molecule has 33 heavy (non-hydrogen) atoms. The van der Waals surface area contributed by atoms with Crippen LogP contribution in [0, 0.1) is 5.92 Å². The number of hydrogen-bond acceptors (Lipinski definition) is 4. The van der Waals surface area contributed by atoms with Crippen LogP contribution in [0.15, 0.2) is 48.5 Å². The number of ether oxygens (including phenoxy) is 1. The Bertz CT molecular complexity index is 955. The molecule has 2 aliphatic rings. The Hall–Kier alpha value is -2.57. The number of hydrogen-bond donors (Lipinski definition) is 2. The average molecular weight is 470 g/mol. The maximum Gasteiger partial charge on any atom is 0.253 e. The van der Waals surface area contributed by atoms with Crippen molar-refractivity contribution in [1.82, 2.24) is 5.32 Å². The lowest BCUT2D eigenvalue weighted by Gasteiger charge is -2.33. The summed E-state index contributed by atoms with van der Waals surface area (Å²) in [5.41, 5.74) is 2.74. The second-order valence-corrected chi connectivity index (χ2v) is 9.45. The number of carbonyl (C=O) groups is 2. The third-order valence-electron chi connectivity index (χ3n) is 6.47. The summed E-state index contributed by atoms with van der Waals surface area (Å²) in [5, 5.41) is 5.09. The van der Waals surface area contributed by atoms with E-state index in [1.807, 2.05) is 42.5 Å². The van der Waals surface area contributed by atoms with Crippen molar-refractivity contribution in [2.75, 3.05) is 36.5 Å². The van der Waals surface area contributed by atoms with Gasteiger partial charge in [0.05, 0.1) is 11.7 Å². The van der Waals surface area contributed by atoms with E-state index in [0.717, 1.165) is 56.6 Å². The summed E-state index contributed by atoms with van der Waals surface area (Å²) in [6.07, 6.45) is 4.25. The first kappa shape index (κ1) is 23.6. The molecule has 2 aromatic carbocycles. The molecule has 2 amide bonds. The van der Waals surface area contributed by atoms with Gasteiger partial charge >= 0.3 is 0 Å². The molecular formula is C26H32ClN3O3. The summed E-state index contributed by atoms with van der Waals surface area (Å²) >= 11 is 6.38. The first-order valence-electron chi connectivity index (χ1n) is 11.8. The van der Waals surface area contributed by atoms with E-state index < -0.39 is 5.38 Å². The van der Waals surface area contributed by atoms with Gasteiger partial charge in [0.15, 0.2) is 0 Å². The van der Waals surface area contributed by atoms with Gasteiger partial charge in [-0.3, -0.25) is 9.59 Å². The lowest BCUT2D eigenvalue weighted by Crippen LogP contribution is -2.36. The monoisotopic (exact) mass is 469 g/mol. The Morgan fingerprint density at radius 3 is 2.58 bits per heavy atom. The molecule has 6 nitrogen and oxygen atoms in total. The minimum Gasteiger partial charge on any atom is -0.376 e. The molecule has 7 heteroatoms. The van der Waals surface area contributed by atoms with Gasteiger partial charge in [0.2, 0.25) is 5.91 Å². The number of halogens is 1. The van der Waals surface area contributed by atoms with E-state index in [0.29, 0.717) is 23.7 Å². The SMILES string of the molecule is CC1CCN(c2ccc(NC(=O)C(Cl)c3ccccc3)cc2C(=O)NCC2CCCO2)CC1. The lowest BCUT2D eigenvalue weighted by molar-refractivity contribution is -0.116. The van der Waals surface area contributed by atoms with E-state index in [4.69, 9.17) is 16.3 Å². The summed E-state index contributed by atoms with van der Waals surface area (Å²) in [4.78, 5) is 28.2. The highest BCUT2D eigenvalue weighted by Gasteiger charge is 2.24. The van der Waals surface area contributed by atoms with Crippen molar-refractivity contribution in [2.45, 2.75) is 44.1 Å². The summed E-state index contributed by atoms with van der Waals surface area (Å²) in [7, 11) is 0. The Morgan fingerprint density at radius 2 is 1.88 bits per heavy atom. The van der Waals surface area contributed by atoms with Crippen molar-refractivity contribution in [3.05, 3.63) is 59.7 Å². The fourth-order valence-electron chi connectivity index (χ4n) is 4.41. The van der Waals surface area contributed by atoms with Crippen molar-refractivity contribution in [1.29, 1.82) is 0 Å². The van der Waals surface area contributed by atoms with Gasteiger partial charge in [0.25, 0.3) is 5.91 Å². The molecule has 0 aliphatic carbocycles. The number of nitrogens with one attached hydrogen (secondary N) is 2. The summed E-state index contributed by atoms with van der Waals surface area (Å²) < 4.78 is 5.65. The molecule has 0 aromatic heterocycles. The van der Waals surface area contributed by atoms with Gasteiger partial charge in [0.1, 0.15) is 5.38 Å². The summed E-state index contributed by atoms with van der Waals surface area (Å²) in [5.74, 6) is 0.212. The van der Waals surface area contributed by atoms with Crippen molar-refractivity contribution in [3.8, 4) is 0 Å². The van der Waals surface area contributed by atoms with Crippen molar-refractivity contribution < 1.29 is 14.3 Å². The molecule has 0 radical (unpaired) electrons. The van der Waals surface area contributed by atoms with Crippen LogP contribution in [0.2, 0.25) is 0 Å². The smallest absolute Gasteiger partial charge is 0.253 e. The molecule has 0 bridgehead atoms. The minimum absolute atomic E-state index is 0.0685. The number of nitrogens with zero attached hydrogens (tertiary/aromatic N) is 1. The zero-order chi connectivity index (χ0) is 23.2. The Kier molecular flexibility index (Phi) is 7.89. The van der Waals surface area contributed by atoms with Crippen LogP contribution in [-0.2, 0) is 9.53 Å². The van der Waals surface area contributed by atoms with E-state index in [1.165, 1.54) is 0 Å². The van der Waals surface area contributed by atoms with Crippen LogP contribution in [-0.4, -0.2) is 44.2 Å². The first-order valence-corrected chi connectivity index (χ1v) is 12.2. The van der Waals surface area contributed by atoms with E-state index in [-0.39, 0.29) is 17.9 Å². The predicted octanol–water partition coefficient (Wildman–Crippen LogP) is 4.75. The molecule has 2 aromatic rings. The molecule has 2 aliphatic heterocycles. The molecular weight excluding hydrogens is 438 g/mol. The normalized spacial score (nSPS) is 19.8. The largest absolute Gasteiger partial charge is 0.376 e. The predicted molar refractivity (Wildman–Crippen MR) is 132 cm³/mol. The van der Waals surface area contributed by atoms with Crippen LogP contribution in [0.3, 0.4) is 0 Å². The van der Waals surface area contributed by atoms with Gasteiger partial charge in [-0.05, 0) is 55.4 Å². The van der Waals surface area contributed by atoms with E-state index in [1.54, 1.807) is 6.07 Å². The number of piperidine rings is 1. The Balaban J connectivity index is 1.52. The molecule has 2 heterocycles. The third kappa shape index (κ3) is 6.06. The Labute approximate surface area is 200 Å². The zero-order valence-corrected chi connectivity index (χ0v) is 19.8. The van der Waals surface area contributed by atoms with Crippen LogP contribution >= 0.6 is 11.6 Å². The van der Waals surface area contributed by atoms with Gasteiger partial charge in [-0.1, -0.05) is 37.3 Å². The number of anilines is 2. The average Bonchev–Trinajstić information content (AvgIpc) is 3.37. The van der Waals surface area contributed by atoms with Crippen LogP contribution in [0.1, 0.15) is 53.9 Å². The van der Waals surface area contributed by atoms with Crippen molar-refractivity contribution in [2.24, 2.45) is 5.92 Å². The van der Waals surface area contributed by atoms with Crippen LogP contribution in [0.4, 0.5) is 11.4 Å². The van der Waals surface area contributed by atoms with Gasteiger partial charge in [-0.15, -0.1) is 11.6 Å². The molecule has 2 unspecified atom stereocenters. The fraction of sp³-hybridized carbons (Fsp3) is 0.462. The molecule has 2 saturated heterocycles. The quantitative estimate of drug-likeness (QED) is 0.574. The highest BCUT2D eigenvalue weighted by Crippen LogP contribution is 2.30. The van der Waals surface area contributed by atoms with Gasteiger partial charge in [-0.2, -0.15) is 0 Å². The maximum absolute atomic E-state index is 13.2. The Morgan fingerprint density at radius 1 is 1.12 bits per heavy atom. The molecule has 176 valence electrons. The number of alkyl halides is 1. The second-order valence-electron chi connectivity index (χ2n) is 9.01. The highest BCUT2D eigenvalue weighted by molar-refractivity contribution is 6.32. The van der Waals surface area contributed by atoms with Gasteiger partial charge in [-0.25, -0.2) is 0 Å². The zero-order valence-electron chi connectivity index (χ0n) is 19.1. The second kappa shape index (κ2) is 11.0. The third-order valence-corrected chi connectivity index (χ3v) is 6.92. The molecule has 0 spiro atoms. The molecule has 0 saturated carbocycles. The van der Waals surface area contributed by atoms with Gasteiger partial charge < -0.3 is 20.3 Å². The highest BCUT2D eigenvalue weighted by atomic mass is 35.5. The standard InChI is InChI=1S/C26H32ClN3O3/c1-18-11-13-30(14-12-18)23-10-9-20(29-26(32)24(27)19-6-3-2-4-7-19)16-22(23)25(31)28-17-21-8-5-15-33-21/h2-4,6-7,9-10,16,18,21,24H,5,8,11-15,17H2,1H3,(H,28,31)(H,29,32). The van der Waals surface area contributed by atoms with Crippen LogP contribution < -0.4 is 15.5 Å². The van der Waals surface area contributed by atoms with E-state index in [9.17, 15) is 9.59 Å². The van der Waals surface area contributed by atoms with E-state index in [2.05, 4.69) is 22.5 Å². The van der Waals surface area contributed by atoms with E-state index >= 15 is 0 Å². The fourth-order valence-corrected chi connectivity index (χ4v) is 4.61. The first-order chi connectivity index (χ1) is 16.0. The van der Waals surface area contributed by atoms with Crippen molar-refractivity contribution in [3.63, 3.8) is 0 Å². The summed E-state index contributed by atoms with van der Waals surface area (Å²) in [6.45, 7) is 5.33. The maximum atomic E-state index is 13.2. The topological polar surface area (TPSA) is 70.7 Å². The number of amides is 2. The number of carbonyl (C=O) groups excluding carboxylic acids is 2.